The van der Waals surface area contributed by atoms with Crippen molar-refractivity contribution in [2.75, 3.05) is 13.2 Å². The Hall–Kier alpha value is -1.86. The van der Waals surface area contributed by atoms with Gasteiger partial charge in [0.15, 0.2) is 9.84 Å². The van der Waals surface area contributed by atoms with Gasteiger partial charge in [0.1, 0.15) is 5.25 Å². The number of carbonyl (C=O) groups is 1. The van der Waals surface area contributed by atoms with Crippen LogP contribution in [-0.2, 0) is 14.6 Å². The van der Waals surface area contributed by atoms with Gasteiger partial charge in [-0.05, 0) is 30.5 Å². The summed E-state index contributed by atoms with van der Waals surface area (Å²) in [6.07, 6.45) is -0.618. The minimum atomic E-state index is -3.59. The topological polar surface area (TPSA) is 72.5 Å². The van der Waals surface area contributed by atoms with Crippen molar-refractivity contribution in [3.05, 3.63) is 52.7 Å². The minimum absolute atomic E-state index is 0.0312. The first-order chi connectivity index (χ1) is 10.6. The fourth-order valence-electron chi connectivity index (χ4n) is 1.97. The van der Waals surface area contributed by atoms with Gasteiger partial charge in [-0.2, -0.15) is 0 Å². The highest BCUT2D eigenvalue weighted by molar-refractivity contribution is 7.91. The van der Waals surface area contributed by atoms with E-state index >= 15 is 0 Å². The van der Waals surface area contributed by atoms with Gasteiger partial charge in [-0.1, -0.05) is 24.3 Å². The molecule has 7 heteroatoms. The summed E-state index contributed by atoms with van der Waals surface area (Å²) < 4.78 is 30.4. The van der Waals surface area contributed by atoms with Crippen molar-refractivity contribution in [1.29, 1.82) is 0 Å². The first-order valence-corrected chi connectivity index (χ1v) is 9.21. The Morgan fingerprint density at radius 1 is 1.23 bits per heavy atom. The van der Waals surface area contributed by atoms with Crippen LogP contribution >= 0.6 is 11.3 Å². The normalized spacial score (nSPS) is 12.6. The van der Waals surface area contributed by atoms with Crippen molar-refractivity contribution in [3.8, 4) is 0 Å². The predicted octanol–water partition coefficient (Wildman–Crippen LogP) is 3.01. The quantitative estimate of drug-likeness (QED) is 0.878. The predicted molar refractivity (Wildman–Crippen MR) is 85.7 cm³/mol. The van der Waals surface area contributed by atoms with Crippen molar-refractivity contribution in [2.45, 2.75) is 17.1 Å². The summed E-state index contributed by atoms with van der Waals surface area (Å²) in [5, 5.41) is 3.49. The van der Waals surface area contributed by atoms with Gasteiger partial charge in [-0.3, -0.25) is 0 Å². The van der Waals surface area contributed by atoms with Gasteiger partial charge in [0.05, 0.1) is 11.5 Å². The largest absolute Gasteiger partial charge is 0.450 e. The van der Waals surface area contributed by atoms with Gasteiger partial charge in [-0.15, -0.1) is 11.3 Å². The van der Waals surface area contributed by atoms with Gasteiger partial charge in [0, 0.05) is 11.4 Å². The number of carbonyl (C=O) groups excluding carboxylic acids is 1. The molecule has 1 aromatic heterocycles. The Labute approximate surface area is 133 Å². The molecule has 0 aliphatic carbocycles. The molecule has 2 rings (SSSR count). The van der Waals surface area contributed by atoms with Crippen molar-refractivity contribution < 1.29 is 17.9 Å². The Morgan fingerprint density at radius 2 is 1.95 bits per heavy atom. The third-order valence-corrected chi connectivity index (χ3v) is 6.25. The van der Waals surface area contributed by atoms with Gasteiger partial charge >= 0.3 is 6.09 Å². The average Bonchev–Trinajstić information content (AvgIpc) is 3.02. The SMILES string of the molecule is CCOC(=O)NCC(c1cccs1)S(=O)(=O)c1ccccc1. The number of amides is 1. The molecule has 0 aliphatic heterocycles. The summed E-state index contributed by atoms with van der Waals surface area (Å²) in [4.78, 5) is 12.4. The van der Waals surface area contributed by atoms with E-state index in [-0.39, 0.29) is 18.0 Å². The number of thiophene rings is 1. The maximum Gasteiger partial charge on any atom is 0.407 e. The minimum Gasteiger partial charge on any atom is -0.450 e. The summed E-state index contributed by atoms with van der Waals surface area (Å²) >= 11 is 1.35. The third kappa shape index (κ3) is 3.86. The maximum absolute atomic E-state index is 12.8. The molecule has 0 saturated carbocycles. The average molecular weight is 339 g/mol. The Bertz CT molecular complexity index is 696. The lowest BCUT2D eigenvalue weighted by atomic mass is 10.3. The zero-order valence-corrected chi connectivity index (χ0v) is 13.7. The lowest BCUT2D eigenvalue weighted by Gasteiger charge is -2.17. The van der Waals surface area contributed by atoms with Crippen LogP contribution in [0, 0.1) is 0 Å². The highest BCUT2D eigenvalue weighted by atomic mass is 32.2. The van der Waals surface area contributed by atoms with Crippen LogP contribution in [0.25, 0.3) is 0 Å². The van der Waals surface area contributed by atoms with Gasteiger partial charge in [-0.25, -0.2) is 13.2 Å². The van der Waals surface area contributed by atoms with Crippen molar-refractivity contribution in [3.63, 3.8) is 0 Å². The molecule has 1 aromatic carbocycles. The molecule has 5 nitrogen and oxygen atoms in total. The highest BCUT2D eigenvalue weighted by Crippen LogP contribution is 2.31. The first kappa shape index (κ1) is 16.5. The molecule has 1 heterocycles. The molecule has 0 spiro atoms. The van der Waals surface area contributed by atoms with Crippen molar-refractivity contribution >= 4 is 27.3 Å². The molecule has 1 N–H and O–H groups in total. The van der Waals surface area contributed by atoms with Crippen LogP contribution in [0.5, 0.6) is 0 Å². The monoisotopic (exact) mass is 339 g/mol. The van der Waals surface area contributed by atoms with Crippen LogP contribution in [0.15, 0.2) is 52.7 Å². The summed E-state index contributed by atoms with van der Waals surface area (Å²) in [5.74, 6) is 0. The molecule has 22 heavy (non-hydrogen) atoms. The second-order valence-corrected chi connectivity index (χ2v) is 7.57. The molecule has 0 aliphatic rings. The van der Waals surface area contributed by atoms with Gasteiger partial charge < -0.3 is 10.1 Å². The fraction of sp³-hybridized carbons (Fsp3) is 0.267. The Kier molecular flexibility index (Phi) is 5.57. The van der Waals surface area contributed by atoms with Gasteiger partial charge in [0.25, 0.3) is 0 Å². The molecule has 0 bridgehead atoms. The van der Waals surface area contributed by atoms with Crippen LogP contribution in [0.1, 0.15) is 17.1 Å². The molecule has 1 atom stereocenters. The summed E-state index contributed by atoms with van der Waals surface area (Å²) in [6.45, 7) is 1.90. The number of benzene rings is 1. The molecule has 1 unspecified atom stereocenters. The number of nitrogens with one attached hydrogen (secondary N) is 1. The second-order valence-electron chi connectivity index (χ2n) is 4.46. The molecule has 0 radical (unpaired) electrons. The molecule has 0 saturated heterocycles. The molecular formula is C15H17NO4S2. The number of hydrogen-bond acceptors (Lipinski definition) is 5. The van der Waals surface area contributed by atoms with E-state index < -0.39 is 21.2 Å². The third-order valence-electron chi connectivity index (χ3n) is 3.01. The van der Waals surface area contributed by atoms with E-state index in [0.29, 0.717) is 4.88 Å². The standard InChI is InChI=1S/C15H17NO4S2/c1-2-20-15(17)16-11-14(13-9-6-10-21-13)22(18,19)12-7-4-3-5-8-12/h3-10,14H,2,11H2,1H3,(H,16,17). The van der Waals surface area contributed by atoms with Crippen LogP contribution < -0.4 is 5.32 Å². The lowest BCUT2D eigenvalue weighted by molar-refractivity contribution is 0.152. The zero-order valence-electron chi connectivity index (χ0n) is 12.1. The number of rotatable bonds is 6. The molecule has 0 fully saturated rings. The molecule has 2 aromatic rings. The number of hydrogen-bond donors (Lipinski definition) is 1. The molecular weight excluding hydrogens is 322 g/mol. The summed E-state index contributed by atoms with van der Waals surface area (Å²) in [7, 11) is -3.59. The Morgan fingerprint density at radius 3 is 2.55 bits per heavy atom. The summed E-state index contributed by atoms with van der Waals surface area (Å²) in [5.41, 5.74) is 0. The van der Waals surface area contributed by atoms with E-state index in [2.05, 4.69) is 5.32 Å². The van der Waals surface area contributed by atoms with Crippen LogP contribution in [0.2, 0.25) is 0 Å². The molecule has 1 amide bonds. The number of sulfone groups is 1. The number of ether oxygens (including phenoxy) is 1. The van der Waals surface area contributed by atoms with Crippen molar-refractivity contribution in [1.82, 2.24) is 5.32 Å². The lowest BCUT2D eigenvalue weighted by Crippen LogP contribution is -2.32. The Balaban J connectivity index is 2.27. The van der Waals surface area contributed by atoms with Crippen LogP contribution in [-0.4, -0.2) is 27.7 Å². The van der Waals surface area contributed by atoms with E-state index in [1.54, 1.807) is 49.4 Å². The van der Waals surface area contributed by atoms with Crippen LogP contribution in [0.4, 0.5) is 4.79 Å². The number of alkyl carbamates (subject to hydrolysis) is 1. The highest BCUT2D eigenvalue weighted by Gasteiger charge is 2.30. The second kappa shape index (κ2) is 7.42. The molecule has 118 valence electrons. The van der Waals surface area contributed by atoms with E-state index in [9.17, 15) is 13.2 Å². The van der Waals surface area contributed by atoms with Gasteiger partial charge in [0.2, 0.25) is 0 Å². The fourth-order valence-corrected chi connectivity index (χ4v) is 4.78. The van der Waals surface area contributed by atoms with Crippen LogP contribution in [0.3, 0.4) is 0 Å². The smallest absolute Gasteiger partial charge is 0.407 e. The van der Waals surface area contributed by atoms with E-state index in [0.717, 1.165) is 0 Å². The van der Waals surface area contributed by atoms with E-state index in [4.69, 9.17) is 4.74 Å². The van der Waals surface area contributed by atoms with Crippen molar-refractivity contribution in [2.24, 2.45) is 0 Å². The summed E-state index contributed by atoms with van der Waals surface area (Å²) in [6, 6.07) is 11.8. The van der Waals surface area contributed by atoms with E-state index in [1.165, 1.54) is 11.3 Å². The maximum atomic E-state index is 12.8. The zero-order chi connectivity index (χ0) is 16.0. The first-order valence-electron chi connectivity index (χ1n) is 6.78. The van der Waals surface area contributed by atoms with E-state index in [1.807, 2.05) is 5.38 Å².